The van der Waals surface area contributed by atoms with Gasteiger partial charge in [0.05, 0.1) is 12.1 Å². The molecule has 1 heterocycles. The molecule has 1 amide bonds. The molecule has 0 radical (unpaired) electrons. The lowest BCUT2D eigenvalue weighted by Gasteiger charge is -2.23. The molecule has 24 heavy (non-hydrogen) atoms. The minimum atomic E-state index is -0.381. The van der Waals surface area contributed by atoms with Crippen LogP contribution in [-0.4, -0.2) is 17.5 Å². The van der Waals surface area contributed by atoms with Crippen LogP contribution in [0.25, 0.3) is 10.9 Å². The van der Waals surface area contributed by atoms with Gasteiger partial charge in [-0.05, 0) is 60.4 Å². The van der Waals surface area contributed by atoms with Crippen molar-refractivity contribution < 1.29 is 9.53 Å². The Bertz CT molecular complexity index is 789. The molecule has 0 bridgehead atoms. The number of nitrogens with one attached hydrogen (secondary N) is 1. The number of fused-ring (bicyclic) bond motifs is 1. The maximum atomic E-state index is 11.9. The quantitative estimate of drug-likeness (QED) is 0.513. The number of aryl methyl sites for hydroxylation is 1. The zero-order chi connectivity index (χ0) is 17.5. The highest BCUT2D eigenvalue weighted by Gasteiger charge is 2.24. The minimum Gasteiger partial charge on any atom is -0.493 e. The van der Waals surface area contributed by atoms with E-state index in [0.717, 1.165) is 34.4 Å². The van der Waals surface area contributed by atoms with Crippen molar-refractivity contribution in [1.29, 1.82) is 0 Å². The van der Waals surface area contributed by atoms with E-state index in [-0.39, 0.29) is 11.3 Å². The molecule has 1 fully saturated rings. The highest BCUT2D eigenvalue weighted by Crippen LogP contribution is 2.36. The van der Waals surface area contributed by atoms with Gasteiger partial charge in [0.15, 0.2) is 0 Å². The van der Waals surface area contributed by atoms with E-state index in [1.807, 2.05) is 13.0 Å². The molecule has 0 atom stereocenters. The number of hydrogen-bond donors (Lipinski definition) is 2. The fourth-order valence-corrected chi connectivity index (χ4v) is 2.81. The number of nitrogens with two attached hydrogens (primary N) is 1. The van der Waals surface area contributed by atoms with Gasteiger partial charge in [0.1, 0.15) is 11.4 Å². The van der Waals surface area contributed by atoms with Crippen LogP contribution in [0.3, 0.4) is 0 Å². The minimum absolute atomic E-state index is 0.117. The third-order valence-electron chi connectivity index (χ3n) is 4.45. The van der Waals surface area contributed by atoms with Gasteiger partial charge in [0.2, 0.25) is 0 Å². The van der Waals surface area contributed by atoms with Crippen LogP contribution in [0.15, 0.2) is 18.2 Å². The zero-order valence-corrected chi connectivity index (χ0v) is 14.8. The highest BCUT2D eigenvalue weighted by atomic mass is 16.5. The van der Waals surface area contributed by atoms with Crippen molar-refractivity contribution in [3.05, 3.63) is 35.0 Å². The lowest BCUT2D eigenvalue weighted by Crippen LogP contribution is -2.31. The molecule has 1 aliphatic rings. The average molecular weight is 327 g/mol. The number of rotatable bonds is 4. The summed E-state index contributed by atoms with van der Waals surface area (Å²) in [5, 5.41) is 1.02. The normalized spacial score (nSPS) is 14.7. The van der Waals surface area contributed by atoms with Crippen molar-refractivity contribution >= 4 is 16.8 Å². The van der Waals surface area contributed by atoms with Gasteiger partial charge in [0, 0.05) is 5.39 Å². The van der Waals surface area contributed by atoms with Crippen LogP contribution in [0.4, 0.5) is 0 Å². The largest absolute Gasteiger partial charge is 0.493 e. The number of carbonyl (C=O) groups is 1. The van der Waals surface area contributed by atoms with Crippen molar-refractivity contribution in [2.75, 3.05) is 6.61 Å². The molecule has 128 valence electrons. The summed E-state index contributed by atoms with van der Waals surface area (Å²) in [6, 6.07) is 5.85. The van der Waals surface area contributed by atoms with Crippen molar-refractivity contribution in [2.24, 2.45) is 11.8 Å². The molecule has 1 saturated carbocycles. The summed E-state index contributed by atoms with van der Waals surface area (Å²) in [7, 11) is 0. The Balaban J connectivity index is 2.15. The third-order valence-corrected chi connectivity index (χ3v) is 4.45. The predicted octanol–water partition coefficient (Wildman–Crippen LogP) is 3.23. The smallest absolute Gasteiger partial charge is 0.283 e. The lowest BCUT2D eigenvalue weighted by atomic mass is 9.84. The fourth-order valence-electron chi connectivity index (χ4n) is 2.81. The number of hydrogen-bond acceptors (Lipinski definition) is 4. The number of aromatic nitrogens is 1. The summed E-state index contributed by atoms with van der Waals surface area (Å²) < 4.78 is 6.00. The molecule has 0 unspecified atom stereocenters. The number of pyridine rings is 1. The Morgan fingerprint density at radius 3 is 2.62 bits per heavy atom. The summed E-state index contributed by atoms with van der Waals surface area (Å²) in [5.74, 6) is 6.46. The Kier molecular flexibility index (Phi) is 4.22. The molecular formula is C19H25N3O2. The summed E-state index contributed by atoms with van der Waals surface area (Å²) in [4.78, 5) is 16.5. The van der Waals surface area contributed by atoms with Gasteiger partial charge >= 0.3 is 0 Å². The van der Waals surface area contributed by atoms with Crippen LogP contribution in [0.5, 0.6) is 5.75 Å². The van der Waals surface area contributed by atoms with Crippen molar-refractivity contribution in [3.63, 3.8) is 0 Å². The van der Waals surface area contributed by atoms with Crippen LogP contribution in [-0.2, 0) is 5.41 Å². The Morgan fingerprint density at radius 2 is 2.04 bits per heavy atom. The molecule has 5 nitrogen and oxygen atoms in total. The van der Waals surface area contributed by atoms with Gasteiger partial charge in [-0.25, -0.2) is 10.8 Å². The van der Waals surface area contributed by atoms with Crippen LogP contribution in [0.2, 0.25) is 0 Å². The van der Waals surface area contributed by atoms with E-state index < -0.39 is 0 Å². The van der Waals surface area contributed by atoms with Crippen molar-refractivity contribution in [2.45, 2.75) is 46.0 Å². The van der Waals surface area contributed by atoms with Crippen molar-refractivity contribution in [3.8, 4) is 5.75 Å². The first-order chi connectivity index (χ1) is 11.3. The molecule has 5 heteroatoms. The molecule has 3 rings (SSSR count). The second-order valence-electron chi connectivity index (χ2n) is 7.67. The van der Waals surface area contributed by atoms with Gasteiger partial charge in [-0.3, -0.25) is 10.2 Å². The summed E-state index contributed by atoms with van der Waals surface area (Å²) >= 11 is 0. The predicted molar refractivity (Wildman–Crippen MR) is 95.1 cm³/mol. The first-order valence-electron chi connectivity index (χ1n) is 8.39. The Hall–Kier alpha value is -2.14. The first-order valence-corrected chi connectivity index (χ1v) is 8.39. The van der Waals surface area contributed by atoms with Gasteiger partial charge in [0.25, 0.3) is 5.91 Å². The number of nitrogen functional groups attached to an aromatic ring is 1. The number of ether oxygens (including phenoxy) is 1. The van der Waals surface area contributed by atoms with Gasteiger partial charge in [-0.15, -0.1) is 0 Å². The molecule has 0 spiro atoms. The number of hydrazine groups is 1. The second kappa shape index (κ2) is 6.06. The zero-order valence-electron chi connectivity index (χ0n) is 14.8. The van der Waals surface area contributed by atoms with Gasteiger partial charge in [-0.2, -0.15) is 0 Å². The van der Waals surface area contributed by atoms with Gasteiger partial charge in [-0.1, -0.05) is 20.8 Å². The number of nitrogens with zero attached hydrogens (tertiary/aromatic N) is 1. The average Bonchev–Trinajstić information content (AvgIpc) is 3.35. The van der Waals surface area contributed by atoms with Crippen LogP contribution >= 0.6 is 0 Å². The number of carbonyl (C=O) groups excluding carboxylic acids is 1. The molecule has 0 saturated heterocycles. The summed E-state index contributed by atoms with van der Waals surface area (Å²) in [5.41, 5.74) is 5.26. The van der Waals surface area contributed by atoms with E-state index in [1.54, 1.807) is 6.07 Å². The van der Waals surface area contributed by atoms with E-state index in [1.165, 1.54) is 12.8 Å². The Morgan fingerprint density at radius 1 is 1.33 bits per heavy atom. The maximum absolute atomic E-state index is 11.9. The number of amides is 1. The highest BCUT2D eigenvalue weighted by molar-refractivity contribution is 5.96. The lowest BCUT2D eigenvalue weighted by molar-refractivity contribution is 0.0949. The van der Waals surface area contributed by atoms with Crippen LogP contribution < -0.4 is 16.0 Å². The standard InChI is InChI=1S/C19H25N3O2/c1-11-7-16(18(23)22-20)21-17-14(11)8-13(24-10-12-5-6-12)9-15(17)19(2,3)4/h7-9,12H,5-6,10,20H2,1-4H3,(H,22,23). The van der Waals surface area contributed by atoms with Crippen LogP contribution in [0.1, 0.15) is 55.2 Å². The molecule has 1 aromatic heterocycles. The third kappa shape index (κ3) is 3.36. The van der Waals surface area contributed by atoms with E-state index in [0.29, 0.717) is 11.6 Å². The fraction of sp³-hybridized carbons (Fsp3) is 0.474. The molecule has 2 aromatic rings. The maximum Gasteiger partial charge on any atom is 0.283 e. The monoisotopic (exact) mass is 327 g/mol. The SMILES string of the molecule is Cc1cc(C(=O)NN)nc2c(C(C)(C)C)cc(OCC3CC3)cc12. The Labute approximate surface area is 142 Å². The molecule has 1 aromatic carbocycles. The van der Waals surface area contributed by atoms with Crippen molar-refractivity contribution in [1.82, 2.24) is 10.4 Å². The topological polar surface area (TPSA) is 77.2 Å². The first kappa shape index (κ1) is 16.7. The molecule has 3 N–H and O–H groups in total. The molecular weight excluding hydrogens is 302 g/mol. The summed E-state index contributed by atoms with van der Waals surface area (Å²) in [6.45, 7) is 9.17. The van der Waals surface area contributed by atoms with E-state index in [4.69, 9.17) is 10.6 Å². The van der Waals surface area contributed by atoms with E-state index in [2.05, 4.69) is 37.2 Å². The second-order valence-corrected chi connectivity index (χ2v) is 7.67. The van der Waals surface area contributed by atoms with E-state index in [9.17, 15) is 4.79 Å². The van der Waals surface area contributed by atoms with Crippen LogP contribution in [0, 0.1) is 12.8 Å². The van der Waals surface area contributed by atoms with Gasteiger partial charge < -0.3 is 4.74 Å². The summed E-state index contributed by atoms with van der Waals surface area (Å²) in [6.07, 6.45) is 2.52. The number of benzene rings is 1. The molecule has 1 aliphatic carbocycles. The van der Waals surface area contributed by atoms with E-state index >= 15 is 0 Å². The molecule has 0 aliphatic heterocycles.